The van der Waals surface area contributed by atoms with Crippen molar-refractivity contribution in [3.63, 3.8) is 0 Å². The van der Waals surface area contributed by atoms with Crippen LogP contribution in [-0.2, 0) is 0 Å². The van der Waals surface area contributed by atoms with E-state index in [1.807, 2.05) is 12.1 Å². The number of nitrogens with one attached hydrogen (secondary N) is 2. The second-order valence-electron chi connectivity index (χ2n) is 5.60. The van der Waals surface area contributed by atoms with Crippen molar-refractivity contribution in [2.45, 2.75) is 0 Å². The van der Waals surface area contributed by atoms with Crippen molar-refractivity contribution in [2.75, 3.05) is 0 Å². The third kappa shape index (κ3) is 2.19. The van der Waals surface area contributed by atoms with Crippen LogP contribution in [0.5, 0.6) is 5.75 Å². The van der Waals surface area contributed by atoms with Crippen molar-refractivity contribution in [1.29, 1.82) is 0 Å². The fraction of sp³-hybridized carbons (Fsp3) is 0. The number of aromatic hydroxyl groups is 1. The SMILES string of the molecule is Oc1cncc(-c2cc3c(-c4nc5ccncc5[nH]4)n[nH]c3cn2)c1. The Morgan fingerprint density at radius 2 is 1.92 bits per heavy atom. The highest BCUT2D eigenvalue weighted by molar-refractivity contribution is 5.94. The van der Waals surface area contributed by atoms with E-state index < -0.39 is 0 Å². The molecule has 5 heterocycles. The van der Waals surface area contributed by atoms with Gasteiger partial charge in [0.25, 0.3) is 0 Å². The maximum absolute atomic E-state index is 9.63. The molecular formula is C17H11N7O. The minimum absolute atomic E-state index is 0.0941. The summed E-state index contributed by atoms with van der Waals surface area (Å²) in [5, 5.41) is 17.8. The maximum Gasteiger partial charge on any atom is 0.159 e. The Balaban J connectivity index is 1.70. The third-order valence-corrected chi connectivity index (χ3v) is 3.97. The number of nitrogens with zero attached hydrogens (tertiary/aromatic N) is 5. The Hall–Kier alpha value is -3.81. The summed E-state index contributed by atoms with van der Waals surface area (Å²) in [5.41, 5.74) is 4.58. The molecule has 5 rings (SSSR count). The summed E-state index contributed by atoms with van der Waals surface area (Å²) >= 11 is 0. The molecule has 25 heavy (non-hydrogen) atoms. The summed E-state index contributed by atoms with van der Waals surface area (Å²) in [6, 6.07) is 5.36. The second-order valence-corrected chi connectivity index (χ2v) is 5.60. The summed E-state index contributed by atoms with van der Waals surface area (Å²) in [6.45, 7) is 0. The number of pyridine rings is 3. The van der Waals surface area contributed by atoms with Gasteiger partial charge in [0.15, 0.2) is 5.82 Å². The lowest BCUT2D eigenvalue weighted by atomic mass is 10.1. The zero-order chi connectivity index (χ0) is 16.8. The number of hydrogen-bond donors (Lipinski definition) is 3. The van der Waals surface area contributed by atoms with Crippen LogP contribution in [0.15, 0.2) is 49.2 Å². The van der Waals surface area contributed by atoms with Crippen LogP contribution in [0.25, 0.3) is 44.7 Å². The minimum Gasteiger partial charge on any atom is -0.506 e. The van der Waals surface area contributed by atoms with Gasteiger partial charge in [0, 0.05) is 23.3 Å². The zero-order valence-corrected chi connectivity index (χ0v) is 12.8. The molecule has 120 valence electrons. The van der Waals surface area contributed by atoms with E-state index in [1.54, 1.807) is 30.9 Å². The summed E-state index contributed by atoms with van der Waals surface area (Å²) in [5.74, 6) is 0.747. The summed E-state index contributed by atoms with van der Waals surface area (Å²) in [6.07, 6.45) is 8.17. The molecule has 0 spiro atoms. The van der Waals surface area contributed by atoms with Crippen LogP contribution >= 0.6 is 0 Å². The highest BCUT2D eigenvalue weighted by Gasteiger charge is 2.14. The maximum atomic E-state index is 9.63. The predicted octanol–water partition coefficient (Wildman–Crippen LogP) is 2.66. The van der Waals surface area contributed by atoms with Crippen molar-refractivity contribution in [2.24, 2.45) is 0 Å². The van der Waals surface area contributed by atoms with Crippen LogP contribution < -0.4 is 0 Å². The Bertz CT molecular complexity index is 1190. The van der Waals surface area contributed by atoms with Crippen molar-refractivity contribution < 1.29 is 5.11 Å². The monoisotopic (exact) mass is 329 g/mol. The number of H-pyrrole nitrogens is 2. The van der Waals surface area contributed by atoms with Crippen molar-refractivity contribution >= 4 is 21.9 Å². The fourth-order valence-electron chi connectivity index (χ4n) is 2.79. The number of aromatic amines is 2. The van der Waals surface area contributed by atoms with E-state index in [1.165, 1.54) is 6.20 Å². The van der Waals surface area contributed by atoms with E-state index in [4.69, 9.17) is 0 Å². The van der Waals surface area contributed by atoms with Gasteiger partial charge in [0.2, 0.25) is 0 Å². The first-order chi connectivity index (χ1) is 12.3. The normalized spacial score (nSPS) is 11.4. The van der Waals surface area contributed by atoms with Gasteiger partial charge < -0.3 is 10.1 Å². The average molecular weight is 329 g/mol. The molecule has 0 amide bonds. The van der Waals surface area contributed by atoms with Crippen molar-refractivity contribution in [1.82, 2.24) is 35.1 Å². The number of hydrogen-bond acceptors (Lipinski definition) is 6. The van der Waals surface area contributed by atoms with Gasteiger partial charge in [-0.25, -0.2) is 4.98 Å². The van der Waals surface area contributed by atoms with Crippen molar-refractivity contribution in [3.05, 3.63) is 49.2 Å². The Morgan fingerprint density at radius 3 is 2.80 bits per heavy atom. The minimum atomic E-state index is 0.0941. The molecule has 0 radical (unpaired) electrons. The molecule has 0 aliphatic heterocycles. The first kappa shape index (κ1) is 13.6. The third-order valence-electron chi connectivity index (χ3n) is 3.97. The Kier molecular flexibility index (Phi) is 2.78. The smallest absolute Gasteiger partial charge is 0.159 e. The van der Waals surface area contributed by atoms with Crippen LogP contribution in [0, 0.1) is 0 Å². The van der Waals surface area contributed by atoms with Crippen LogP contribution in [0.1, 0.15) is 0 Å². The number of imidazole rings is 1. The molecule has 0 bridgehead atoms. The Labute approximate surface area is 140 Å². The molecule has 3 N–H and O–H groups in total. The van der Waals surface area contributed by atoms with Gasteiger partial charge in [-0.2, -0.15) is 5.10 Å². The van der Waals surface area contributed by atoms with E-state index in [0.717, 1.165) is 27.5 Å². The standard InChI is InChI=1S/C17H11N7O/c25-10-3-9(5-19-6-10)13-4-11-14(8-20-13)23-24-16(11)17-21-12-1-2-18-7-15(12)22-17/h1-8,25H,(H,21,22)(H,23,24). The molecular weight excluding hydrogens is 318 g/mol. The highest BCUT2D eigenvalue weighted by atomic mass is 16.3. The fourth-order valence-corrected chi connectivity index (χ4v) is 2.79. The van der Waals surface area contributed by atoms with Gasteiger partial charge in [-0.05, 0) is 18.2 Å². The van der Waals surface area contributed by atoms with Gasteiger partial charge in [0.05, 0.1) is 40.8 Å². The molecule has 5 aromatic rings. The van der Waals surface area contributed by atoms with Crippen LogP contribution in [0.2, 0.25) is 0 Å². The molecule has 0 saturated carbocycles. The van der Waals surface area contributed by atoms with Gasteiger partial charge in [-0.15, -0.1) is 0 Å². The zero-order valence-electron chi connectivity index (χ0n) is 12.8. The van der Waals surface area contributed by atoms with E-state index in [9.17, 15) is 5.11 Å². The second kappa shape index (κ2) is 5.10. The van der Waals surface area contributed by atoms with Gasteiger partial charge in [-0.3, -0.25) is 20.1 Å². The summed E-state index contributed by atoms with van der Waals surface area (Å²) in [7, 11) is 0. The first-order valence-corrected chi connectivity index (χ1v) is 7.56. The van der Waals surface area contributed by atoms with Crippen LogP contribution in [0.3, 0.4) is 0 Å². The number of rotatable bonds is 2. The van der Waals surface area contributed by atoms with Crippen LogP contribution in [0.4, 0.5) is 0 Å². The molecule has 0 saturated heterocycles. The predicted molar refractivity (Wildman–Crippen MR) is 91.7 cm³/mol. The molecule has 8 nitrogen and oxygen atoms in total. The lowest BCUT2D eigenvalue weighted by Gasteiger charge is -2.01. The molecule has 0 aliphatic rings. The summed E-state index contributed by atoms with van der Waals surface area (Å²) in [4.78, 5) is 20.3. The molecule has 8 heteroatoms. The Morgan fingerprint density at radius 1 is 0.960 bits per heavy atom. The van der Waals surface area contributed by atoms with Gasteiger partial charge >= 0.3 is 0 Å². The van der Waals surface area contributed by atoms with E-state index >= 15 is 0 Å². The lowest BCUT2D eigenvalue weighted by molar-refractivity contribution is 0.473. The largest absolute Gasteiger partial charge is 0.506 e. The molecule has 5 aromatic heterocycles. The van der Waals surface area contributed by atoms with Gasteiger partial charge in [0.1, 0.15) is 11.4 Å². The first-order valence-electron chi connectivity index (χ1n) is 7.56. The van der Waals surface area contributed by atoms with Crippen LogP contribution in [-0.4, -0.2) is 40.2 Å². The average Bonchev–Trinajstić information content (AvgIpc) is 3.24. The molecule has 0 fully saturated rings. The molecule has 0 aromatic carbocycles. The summed E-state index contributed by atoms with van der Waals surface area (Å²) < 4.78 is 0. The van der Waals surface area contributed by atoms with Gasteiger partial charge in [-0.1, -0.05) is 0 Å². The number of fused-ring (bicyclic) bond motifs is 2. The lowest BCUT2D eigenvalue weighted by Crippen LogP contribution is -1.86. The van der Waals surface area contributed by atoms with E-state index in [0.29, 0.717) is 17.2 Å². The number of aromatic nitrogens is 7. The highest BCUT2D eigenvalue weighted by Crippen LogP contribution is 2.29. The topological polar surface area (TPSA) is 116 Å². The van der Waals surface area contributed by atoms with E-state index in [-0.39, 0.29) is 5.75 Å². The van der Waals surface area contributed by atoms with E-state index in [2.05, 4.69) is 35.1 Å². The van der Waals surface area contributed by atoms with Crippen molar-refractivity contribution in [3.8, 4) is 28.5 Å². The molecule has 0 atom stereocenters. The molecule has 0 aliphatic carbocycles. The molecule has 0 unspecified atom stereocenters. The quantitative estimate of drug-likeness (QED) is 0.458.